The first-order valence-electron chi connectivity index (χ1n) is 4.54. The smallest absolute Gasteiger partial charge is 0.208 e. The van der Waals surface area contributed by atoms with E-state index in [9.17, 15) is 0 Å². The Balaban J connectivity index is 2.08. The van der Waals surface area contributed by atoms with E-state index in [-0.39, 0.29) is 0 Å². The first-order valence-corrected chi connectivity index (χ1v) is 5.36. The zero-order valence-corrected chi connectivity index (χ0v) is 8.77. The molecule has 5 heteroatoms. The Labute approximate surface area is 82.0 Å². The quantitative estimate of drug-likeness (QED) is 0.719. The number of anilines is 1. The number of nitrogens with zero attached hydrogens (tertiary/aromatic N) is 3. The summed E-state index contributed by atoms with van der Waals surface area (Å²) in [6.45, 7) is 7.31. The van der Waals surface area contributed by atoms with Crippen LogP contribution in [0.3, 0.4) is 0 Å². The van der Waals surface area contributed by atoms with Crippen LogP contribution in [0.1, 0.15) is 11.9 Å². The molecule has 0 saturated carbocycles. The van der Waals surface area contributed by atoms with Crippen LogP contribution in [0.2, 0.25) is 0 Å². The van der Waals surface area contributed by atoms with E-state index >= 15 is 0 Å². The summed E-state index contributed by atoms with van der Waals surface area (Å²) < 4.78 is 0. The molecule has 1 saturated heterocycles. The molecule has 1 aliphatic rings. The topological polar surface area (TPSA) is 41.1 Å². The highest BCUT2D eigenvalue weighted by molar-refractivity contribution is 7.15. The lowest BCUT2D eigenvalue weighted by Gasteiger charge is -2.31. The number of piperazine rings is 1. The highest BCUT2D eigenvalue weighted by Gasteiger charge is 2.18. The molecule has 13 heavy (non-hydrogen) atoms. The Kier molecular flexibility index (Phi) is 2.46. The van der Waals surface area contributed by atoms with E-state index in [0.29, 0.717) is 6.04 Å². The second-order valence-corrected chi connectivity index (χ2v) is 4.56. The average Bonchev–Trinajstić information content (AvgIpc) is 2.52. The van der Waals surface area contributed by atoms with E-state index in [2.05, 4.69) is 27.3 Å². The van der Waals surface area contributed by atoms with Crippen molar-refractivity contribution in [3.05, 3.63) is 5.01 Å². The van der Waals surface area contributed by atoms with E-state index in [1.807, 2.05) is 6.92 Å². The van der Waals surface area contributed by atoms with Gasteiger partial charge in [0.25, 0.3) is 0 Å². The minimum atomic E-state index is 0.554. The third-order valence-corrected chi connectivity index (χ3v) is 3.05. The zero-order valence-electron chi connectivity index (χ0n) is 7.95. The minimum absolute atomic E-state index is 0.554. The Bertz CT molecular complexity index is 285. The molecule has 2 heterocycles. The first-order chi connectivity index (χ1) is 6.25. The van der Waals surface area contributed by atoms with E-state index < -0.39 is 0 Å². The number of hydrogen-bond acceptors (Lipinski definition) is 5. The second kappa shape index (κ2) is 3.59. The van der Waals surface area contributed by atoms with Gasteiger partial charge in [-0.05, 0) is 13.8 Å². The van der Waals surface area contributed by atoms with Crippen LogP contribution in [-0.4, -0.2) is 35.9 Å². The maximum Gasteiger partial charge on any atom is 0.208 e. The third-order valence-electron chi connectivity index (χ3n) is 2.15. The summed E-state index contributed by atoms with van der Waals surface area (Å²) in [4.78, 5) is 2.30. The number of nitrogens with one attached hydrogen (secondary N) is 1. The molecule has 1 N–H and O–H groups in total. The van der Waals surface area contributed by atoms with Gasteiger partial charge in [-0.2, -0.15) is 0 Å². The van der Waals surface area contributed by atoms with Crippen LogP contribution < -0.4 is 10.2 Å². The molecule has 0 spiro atoms. The monoisotopic (exact) mass is 198 g/mol. The molecule has 1 fully saturated rings. The molecule has 0 radical (unpaired) electrons. The van der Waals surface area contributed by atoms with Crippen molar-refractivity contribution < 1.29 is 0 Å². The first kappa shape index (κ1) is 8.90. The van der Waals surface area contributed by atoms with Gasteiger partial charge < -0.3 is 10.2 Å². The van der Waals surface area contributed by atoms with E-state index in [4.69, 9.17) is 0 Å². The van der Waals surface area contributed by atoms with Crippen LogP contribution in [0.5, 0.6) is 0 Å². The van der Waals surface area contributed by atoms with Gasteiger partial charge in [0.15, 0.2) is 0 Å². The van der Waals surface area contributed by atoms with E-state index in [0.717, 1.165) is 29.8 Å². The van der Waals surface area contributed by atoms with Gasteiger partial charge in [0.2, 0.25) is 5.13 Å². The number of aryl methyl sites for hydroxylation is 1. The molecule has 1 atom stereocenters. The summed E-state index contributed by atoms with van der Waals surface area (Å²) in [6.07, 6.45) is 0. The number of rotatable bonds is 1. The average molecular weight is 198 g/mol. The fraction of sp³-hybridized carbons (Fsp3) is 0.750. The van der Waals surface area contributed by atoms with Gasteiger partial charge in [-0.15, -0.1) is 10.2 Å². The second-order valence-electron chi connectivity index (χ2n) is 3.40. The van der Waals surface area contributed by atoms with Gasteiger partial charge >= 0.3 is 0 Å². The lowest BCUT2D eigenvalue weighted by Crippen LogP contribution is -2.49. The van der Waals surface area contributed by atoms with Crippen molar-refractivity contribution in [3.63, 3.8) is 0 Å². The number of aromatic nitrogens is 2. The van der Waals surface area contributed by atoms with Crippen LogP contribution >= 0.6 is 11.3 Å². The molecule has 0 aromatic carbocycles. The molecule has 1 aromatic heterocycles. The van der Waals surface area contributed by atoms with E-state index in [1.54, 1.807) is 11.3 Å². The van der Waals surface area contributed by atoms with Crippen molar-refractivity contribution in [1.82, 2.24) is 15.5 Å². The summed E-state index contributed by atoms with van der Waals surface area (Å²) in [7, 11) is 0. The predicted molar refractivity (Wildman–Crippen MR) is 54.3 cm³/mol. The molecular weight excluding hydrogens is 184 g/mol. The molecule has 72 valence electrons. The highest BCUT2D eigenvalue weighted by Crippen LogP contribution is 2.20. The standard InChI is InChI=1S/C8H14N4S/c1-6-5-12(4-3-9-6)8-11-10-7(2)13-8/h6,9H,3-5H2,1-2H3/t6-/m0/s1. The molecule has 4 nitrogen and oxygen atoms in total. The van der Waals surface area contributed by atoms with Gasteiger partial charge in [0, 0.05) is 25.7 Å². The van der Waals surface area contributed by atoms with Crippen molar-refractivity contribution in [1.29, 1.82) is 0 Å². The predicted octanol–water partition coefficient (Wildman–Crippen LogP) is 0.645. The normalized spacial score (nSPS) is 23.5. The third kappa shape index (κ3) is 1.97. The van der Waals surface area contributed by atoms with Gasteiger partial charge in [-0.1, -0.05) is 11.3 Å². The Morgan fingerprint density at radius 1 is 1.54 bits per heavy atom. The zero-order chi connectivity index (χ0) is 9.26. The molecule has 0 aliphatic carbocycles. The highest BCUT2D eigenvalue weighted by atomic mass is 32.1. The van der Waals surface area contributed by atoms with Gasteiger partial charge in [-0.25, -0.2) is 0 Å². The summed E-state index contributed by atoms with van der Waals surface area (Å²) in [5.74, 6) is 0. The van der Waals surface area contributed by atoms with Crippen molar-refractivity contribution in [2.75, 3.05) is 24.5 Å². The van der Waals surface area contributed by atoms with Crippen LogP contribution in [0.4, 0.5) is 5.13 Å². The van der Waals surface area contributed by atoms with Crippen molar-refractivity contribution in [3.8, 4) is 0 Å². The molecule has 2 rings (SSSR count). The lowest BCUT2D eigenvalue weighted by atomic mass is 10.2. The lowest BCUT2D eigenvalue weighted by molar-refractivity contribution is 0.483. The van der Waals surface area contributed by atoms with Crippen LogP contribution in [0, 0.1) is 6.92 Å². The summed E-state index contributed by atoms with van der Waals surface area (Å²) in [5.41, 5.74) is 0. The minimum Gasteiger partial charge on any atom is -0.344 e. The molecule has 0 unspecified atom stereocenters. The Morgan fingerprint density at radius 3 is 3.00 bits per heavy atom. The maximum atomic E-state index is 4.14. The maximum absolute atomic E-state index is 4.14. The van der Waals surface area contributed by atoms with Crippen LogP contribution in [0.25, 0.3) is 0 Å². The molecule has 0 bridgehead atoms. The summed E-state index contributed by atoms with van der Waals surface area (Å²) in [5, 5.41) is 13.7. The van der Waals surface area contributed by atoms with Crippen LogP contribution in [-0.2, 0) is 0 Å². The Morgan fingerprint density at radius 2 is 2.38 bits per heavy atom. The number of hydrogen-bond donors (Lipinski definition) is 1. The SMILES string of the molecule is Cc1nnc(N2CCN[C@@H](C)C2)s1. The fourth-order valence-corrected chi connectivity index (χ4v) is 2.24. The summed E-state index contributed by atoms with van der Waals surface area (Å²) >= 11 is 1.67. The van der Waals surface area contributed by atoms with Gasteiger partial charge in [0.05, 0.1) is 0 Å². The Hall–Kier alpha value is -0.680. The molecule has 1 aromatic rings. The largest absolute Gasteiger partial charge is 0.344 e. The van der Waals surface area contributed by atoms with Crippen molar-refractivity contribution in [2.45, 2.75) is 19.9 Å². The molecular formula is C8H14N4S. The van der Waals surface area contributed by atoms with Crippen LogP contribution in [0.15, 0.2) is 0 Å². The fourth-order valence-electron chi connectivity index (χ4n) is 1.52. The summed E-state index contributed by atoms with van der Waals surface area (Å²) in [6, 6.07) is 0.554. The molecule has 1 aliphatic heterocycles. The van der Waals surface area contributed by atoms with Gasteiger partial charge in [-0.3, -0.25) is 0 Å². The molecule has 0 amide bonds. The van der Waals surface area contributed by atoms with Crippen molar-refractivity contribution in [2.24, 2.45) is 0 Å². The van der Waals surface area contributed by atoms with Gasteiger partial charge in [0.1, 0.15) is 5.01 Å². The van der Waals surface area contributed by atoms with E-state index in [1.165, 1.54) is 0 Å². The van der Waals surface area contributed by atoms with Crippen molar-refractivity contribution >= 4 is 16.5 Å².